The fourth-order valence-electron chi connectivity index (χ4n) is 4.30. The molecule has 0 aliphatic carbocycles. The largest absolute Gasteiger partial charge is 0.416 e. The van der Waals surface area contributed by atoms with Gasteiger partial charge < -0.3 is 0 Å². The van der Waals surface area contributed by atoms with E-state index in [1.807, 2.05) is 0 Å². The van der Waals surface area contributed by atoms with Gasteiger partial charge in [-0.25, -0.2) is 14.4 Å². The first-order chi connectivity index (χ1) is 15.8. The Kier molecular flexibility index (Phi) is 4.93. The normalized spacial score (nSPS) is 22.7. The molecule has 168 valence electrons. The van der Waals surface area contributed by atoms with E-state index in [-0.39, 0.29) is 11.3 Å². The molecule has 33 heavy (non-hydrogen) atoms. The molecule has 5 rings (SSSR count). The van der Waals surface area contributed by atoms with Gasteiger partial charge in [-0.1, -0.05) is 30.3 Å². The average Bonchev–Trinajstić information content (AvgIpc) is 3.31. The molecule has 2 saturated heterocycles. The van der Waals surface area contributed by atoms with Gasteiger partial charge in [0.1, 0.15) is 11.7 Å². The second kappa shape index (κ2) is 7.70. The van der Waals surface area contributed by atoms with Gasteiger partial charge in [-0.15, -0.1) is 0 Å². The highest BCUT2D eigenvalue weighted by atomic mass is 19.4. The number of halogens is 4. The summed E-state index contributed by atoms with van der Waals surface area (Å²) in [6.45, 7) is 0. The molecule has 2 aliphatic heterocycles. The molecule has 0 N–H and O–H groups in total. The van der Waals surface area contributed by atoms with Crippen molar-refractivity contribution in [2.75, 3.05) is 9.96 Å². The third-order valence-electron chi connectivity index (χ3n) is 5.77. The molecule has 5 nitrogen and oxygen atoms in total. The van der Waals surface area contributed by atoms with Crippen molar-refractivity contribution in [1.82, 2.24) is 0 Å². The number of imide groups is 1. The van der Waals surface area contributed by atoms with Gasteiger partial charge in [0.2, 0.25) is 5.91 Å². The van der Waals surface area contributed by atoms with Crippen molar-refractivity contribution in [2.24, 2.45) is 5.92 Å². The summed E-state index contributed by atoms with van der Waals surface area (Å²) < 4.78 is 53.5. The second-order valence-corrected chi connectivity index (χ2v) is 7.77. The van der Waals surface area contributed by atoms with Crippen LogP contribution in [-0.2, 0) is 20.6 Å². The molecule has 2 amide bonds. The molecule has 3 atom stereocenters. The number of hydroxylamine groups is 1. The lowest BCUT2D eigenvalue weighted by molar-refractivity contribution is -0.137. The molecule has 3 aromatic carbocycles. The predicted molar refractivity (Wildman–Crippen MR) is 110 cm³/mol. The third-order valence-corrected chi connectivity index (χ3v) is 5.77. The summed E-state index contributed by atoms with van der Waals surface area (Å²) in [6, 6.07) is 17.0. The molecule has 0 unspecified atom stereocenters. The standard InChI is InChI=1S/C24H16F4N2O3/c25-16-9-11-17(12-10-16)29-22(31)19-20(14-5-4-6-15(13-14)24(26,27)28)30(33-21(19)23(29)32)18-7-2-1-3-8-18/h1-13,19-21H/t19-,20+,21+/m0/s1. The van der Waals surface area contributed by atoms with E-state index in [2.05, 4.69) is 0 Å². The summed E-state index contributed by atoms with van der Waals surface area (Å²) in [4.78, 5) is 33.3. The number of benzene rings is 3. The first-order valence-corrected chi connectivity index (χ1v) is 10.1. The zero-order valence-corrected chi connectivity index (χ0v) is 16.9. The van der Waals surface area contributed by atoms with Crippen LogP contribution in [0.4, 0.5) is 28.9 Å². The van der Waals surface area contributed by atoms with Gasteiger partial charge in [-0.2, -0.15) is 13.2 Å². The van der Waals surface area contributed by atoms with E-state index in [0.29, 0.717) is 5.69 Å². The lowest BCUT2D eigenvalue weighted by atomic mass is 9.89. The summed E-state index contributed by atoms with van der Waals surface area (Å²) in [5, 5.41) is 1.32. The van der Waals surface area contributed by atoms with Crippen molar-refractivity contribution < 1.29 is 32.0 Å². The summed E-state index contributed by atoms with van der Waals surface area (Å²) in [5.41, 5.74) is -0.0337. The molecular weight excluding hydrogens is 440 g/mol. The summed E-state index contributed by atoms with van der Waals surface area (Å²) >= 11 is 0. The molecule has 3 aromatic rings. The molecule has 0 aromatic heterocycles. The van der Waals surface area contributed by atoms with Crippen molar-refractivity contribution in [3.63, 3.8) is 0 Å². The Hall–Kier alpha value is -3.72. The lowest BCUT2D eigenvalue weighted by Gasteiger charge is -2.29. The third kappa shape index (κ3) is 3.54. The highest BCUT2D eigenvalue weighted by Crippen LogP contribution is 2.48. The number of hydrogen-bond acceptors (Lipinski definition) is 4. The quantitative estimate of drug-likeness (QED) is 0.416. The first-order valence-electron chi connectivity index (χ1n) is 10.1. The maximum Gasteiger partial charge on any atom is 0.416 e. The van der Waals surface area contributed by atoms with Gasteiger partial charge in [-0.3, -0.25) is 14.4 Å². The minimum absolute atomic E-state index is 0.165. The molecule has 0 radical (unpaired) electrons. The summed E-state index contributed by atoms with van der Waals surface area (Å²) in [7, 11) is 0. The van der Waals surface area contributed by atoms with Crippen LogP contribution in [0, 0.1) is 11.7 Å². The van der Waals surface area contributed by atoms with Crippen molar-refractivity contribution >= 4 is 23.2 Å². The van der Waals surface area contributed by atoms with Crippen LogP contribution in [-0.4, -0.2) is 17.9 Å². The molecule has 2 aliphatic rings. The van der Waals surface area contributed by atoms with E-state index in [1.165, 1.54) is 29.3 Å². The van der Waals surface area contributed by atoms with Crippen LogP contribution in [0.25, 0.3) is 0 Å². The minimum Gasteiger partial charge on any atom is -0.273 e. The maximum atomic E-state index is 13.4. The Morgan fingerprint density at radius 3 is 2.15 bits per heavy atom. The van der Waals surface area contributed by atoms with Gasteiger partial charge >= 0.3 is 6.18 Å². The van der Waals surface area contributed by atoms with Gasteiger partial charge in [0, 0.05) is 0 Å². The Bertz CT molecular complexity index is 1210. The summed E-state index contributed by atoms with van der Waals surface area (Å²) in [5.74, 6) is -2.91. The van der Waals surface area contributed by atoms with Crippen LogP contribution in [0.2, 0.25) is 0 Å². The molecule has 2 heterocycles. The Morgan fingerprint density at radius 1 is 0.788 bits per heavy atom. The van der Waals surface area contributed by atoms with Crippen LogP contribution in [0.3, 0.4) is 0 Å². The monoisotopic (exact) mass is 456 g/mol. The Labute approximate surface area is 185 Å². The number of para-hydroxylation sites is 1. The Balaban J connectivity index is 1.60. The average molecular weight is 456 g/mol. The van der Waals surface area contributed by atoms with E-state index in [0.717, 1.165) is 29.2 Å². The number of carbonyl (C=O) groups excluding carboxylic acids is 2. The number of hydrogen-bond donors (Lipinski definition) is 0. The van der Waals surface area contributed by atoms with Crippen LogP contribution in [0.5, 0.6) is 0 Å². The molecule has 0 bridgehead atoms. The highest BCUT2D eigenvalue weighted by Gasteiger charge is 2.60. The number of rotatable bonds is 3. The predicted octanol–water partition coefficient (Wildman–Crippen LogP) is 4.90. The van der Waals surface area contributed by atoms with Crippen LogP contribution in [0.15, 0.2) is 78.9 Å². The van der Waals surface area contributed by atoms with Crippen LogP contribution < -0.4 is 9.96 Å². The SMILES string of the molecule is O=C1[C@H]2[C@@H](c3cccc(C(F)(F)F)c3)N(c3ccccc3)O[C@H]2C(=O)N1c1ccc(F)cc1. The first kappa shape index (κ1) is 21.1. The number of alkyl halides is 3. The zero-order valence-electron chi connectivity index (χ0n) is 16.9. The molecule has 9 heteroatoms. The number of nitrogens with zero attached hydrogens (tertiary/aromatic N) is 2. The summed E-state index contributed by atoms with van der Waals surface area (Å²) in [6.07, 6.45) is -5.82. The van der Waals surface area contributed by atoms with E-state index in [1.54, 1.807) is 30.3 Å². The van der Waals surface area contributed by atoms with Crippen molar-refractivity contribution in [2.45, 2.75) is 18.3 Å². The Morgan fingerprint density at radius 2 is 1.48 bits per heavy atom. The second-order valence-electron chi connectivity index (χ2n) is 7.77. The molecule has 2 fully saturated rings. The molecule has 0 spiro atoms. The van der Waals surface area contributed by atoms with Crippen LogP contribution >= 0.6 is 0 Å². The maximum absolute atomic E-state index is 13.4. The molecular formula is C24H16F4N2O3. The smallest absolute Gasteiger partial charge is 0.273 e. The van der Waals surface area contributed by atoms with Gasteiger partial charge in [0.05, 0.1) is 23.0 Å². The van der Waals surface area contributed by atoms with E-state index < -0.39 is 47.4 Å². The number of carbonyl (C=O) groups is 2. The fraction of sp³-hybridized carbons (Fsp3) is 0.167. The van der Waals surface area contributed by atoms with E-state index >= 15 is 0 Å². The molecule has 0 saturated carbocycles. The lowest BCUT2D eigenvalue weighted by Crippen LogP contribution is -2.37. The highest BCUT2D eigenvalue weighted by molar-refractivity contribution is 6.23. The van der Waals surface area contributed by atoms with Gasteiger partial charge in [0.25, 0.3) is 5.91 Å². The zero-order chi connectivity index (χ0) is 23.3. The van der Waals surface area contributed by atoms with E-state index in [4.69, 9.17) is 4.84 Å². The topological polar surface area (TPSA) is 49.9 Å². The van der Waals surface area contributed by atoms with Crippen molar-refractivity contribution in [3.05, 3.63) is 95.8 Å². The van der Waals surface area contributed by atoms with Crippen LogP contribution in [0.1, 0.15) is 17.2 Å². The van der Waals surface area contributed by atoms with Gasteiger partial charge in [0.15, 0.2) is 6.10 Å². The van der Waals surface area contributed by atoms with Gasteiger partial charge in [-0.05, 0) is 54.1 Å². The minimum atomic E-state index is -4.58. The van der Waals surface area contributed by atoms with Crippen molar-refractivity contribution in [1.29, 1.82) is 0 Å². The van der Waals surface area contributed by atoms with Crippen molar-refractivity contribution in [3.8, 4) is 0 Å². The number of fused-ring (bicyclic) bond motifs is 1. The number of anilines is 2. The van der Waals surface area contributed by atoms with E-state index in [9.17, 15) is 27.2 Å². The fourth-order valence-corrected chi connectivity index (χ4v) is 4.30. The number of amides is 2.